The van der Waals surface area contributed by atoms with Gasteiger partial charge in [-0.2, -0.15) is 0 Å². The third-order valence-electron chi connectivity index (χ3n) is 4.16. The Morgan fingerprint density at radius 3 is 2.76 bits per heavy atom. The lowest BCUT2D eigenvalue weighted by molar-refractivity contribution is 0.0724. The molecule has 21 heavy (non-hydrogen) atoms. The van der Waals surface area contributed by atoms with Crippen LogP contribution in [0, 0.1) is 5.92 Å². The summed E-state index contributed by atoms with van der Waals surface area (Å²) < 4.78 is 5.53. The summed E-state index contributed by atoms with van der Waals surface area (Å²) in [6, 6.07) is 14.0. The molecule has 0 radical (unpaired) electrons. The van der Waals surface area contributed by atoms with Crippen LogP contribution in [0.4, 0.5) is 10.5 Å². The second kappa shape index (κ2) is 6.17. The molecule has 3 heteroatoms. The van der Waals surface area contributed by atoms with Crippen LogP contribution in [0.5, 0.6) is 0 Å². The van der Waals surface area contributed by atoms with Gasteiger partial charge in [-0.05, 0) is 48.1 Å². The van der Waals surface area contributed by atoms with Crippen LogP contribution in [0.3, 0.4) is 0 Å². The predicted octanol–water partition coefficient (Wildman–Crippen LogP) is 4.97. The Hall–Kier alpha value is -2.03. The summed E-state index contributed by atoms with van der Waals surface area (Å²) in [7, 11) is 0. The number of amides is 1. The standard InChI is InChI=1S/C18H21NO2/c1-13-5-4-8-17(11-13)21-18(20)19-16-10-9-14-6-2-3-7-15(14)12-16/h2-3,6-7,9-10,12-13,17H,4-5,8,11H2,1H3,(H,19,20). The van der Waals surface area contributed by atoms with Gasteiger partial charge in [-0.1, -0.05) is 43.7 Å². The number of fused-ring (bicyclic) bond motifs is 1. The predicted molar refractivity (Wildman–Crippen MR) is 85.5 cm³/mol. The van der Waals surface area contributed by atoms with Gasteiger partial charge in [0.1, 0.15) is 6.10 Å². The van der Waals surface area contributed by atoms with E-state index in [1.165, 1.54) is 6.42 Å². The molecule has 0 spiro atoms. The van der Waals surface area contributed by atoms with Crippen molar-refractivity contribution in [2.75, 3.05) is 5.32 Å². The number of carbonyl (C=O) groups is 1. The number of nitrogens with one attached hydrogen (secondary N) is 1. The largest absolute Gasteiger partial charge is 0.446 e. The van der Waals surface area contributed by atoms with Crippen LogP contribution in [0.15, 0.2) is 42.5 Å². The Bertz CT molecular complexity index is 638. The SMILES string of the molecule is CC1CCCC(OC(=O)Nc2ccc3ccccc3c2)C1. The van der Waals surface area contributed by atoms with E-state index in [-0.39, 0.29) is 12.2 Å². The van der Waals surface area contributed by atoms with Gasteiger partial charge in [0.2, 0.25) is 0 Å². The molecule has 1 N–H and O–H groups in total. The van der Waals surface area contributed by atoms with E-state index in [0.29, 0.717) is 5.92 Å². The number of benzene rings is 2. The normalized spacial score (nSPS) is 22.0. The zero-order valence-corrected chi connectivity index (χ0v) is 12.3. The molecule has 0 bridgehead atoms. The number of ether oxygens (including phenoxy) is 1. The van der Waals surface area contributed by atoms with E-state index < -0.39 is 0 Å². The highest BCUT2D eigenvalue weighted by molar-refractivity contribution is 5.91. The highest BCUT2D eigenvalue weighted by Gasteiger charge is 2.22. The van der Waals surface area contributed by atoms with Gasteiger partial charge in [0.25, 0.3) is 0 Å². The van der Waals surface area contributed by atoms with Gasteiger partial charge < -0.3 is 4.74 Å². The topological polar surface area (TPSA) is 38.3 Å². The number of carbonyl (C=O) groups excluding carboxylic acids is 1. The van der Waals surface area contributed by atoms with Crippen LogP contribution >= 0.6 is 0 Å². The smallest absolute Gasteiger partial charge is 0.411 e. The Morgan fingerprint density at radius 1 is 1.14 bits per heavy atom. The molecule has 2 unspecified atom stereocenters. The highest BCUT2D eigenvalue weighted by atomic mass is 16.6. The molecule has 2 atom stereocenters. The molecule has 0 heterocycles. The zero-order chi connectivity index (χ0) is 14.7. The third kappa shape index (κ3) is 3.54. The van der Waals surface area contributed by atoms with Gasteiger partial charge >= 0.3 is 6.09 Å². The fourth-order valence-electron chi connectivity index (χ4n) is 3.05. The van der Waals surface area contributed by atoms with E-state index in [1.807, 2.05) is 36.4 Å². The minimum atomic E-state index is -0.343. The van der Waals surface area contributed by atoms with Gasteiger partial charge in [-0.15, -0.1) is 0 Å². The lowest BCUT2D eigenvalue weighted by Gasteiger charge is -2.26. The lowest BCUT2D eigenvalue weighted by atomic mass is 9.89. The third-order valence-corrected chi connectivity index (χ3v) is 4.16. The van der Waals surface area contributed by atoms with Crippen molar-refractivity contribution in [3.05, 3.63) is 42.5 Å². The first-order chi connectivity index (χ1) is 10.2. The zero-order valence-electron chi connectivity index (χ0n) is 12.3. The molecule has 0 aromatic heterocycles. The summed E-state index contributed by atoms with van der Waals surface area (Å²) in [4.78, 5) is 12.0. The van der Waals surface area contributed by atoms with Crippen LogP contribution in [0.2, 0.25) is 0 Å². The summed E-state index contributed by atoms with van der Waals surface area (Å²) in [5.74, 6) is 0.650. The van der Waals surface area contributed by atoms with Crippen molar-refractivity contribution >= 4 is 22.6 Å². The van der Waals surface area contributed by atoms with Gasteiger partial charge in [-0.3, -0.25) is 5.32 Å². The van der Waals surface area contributed by atoms with E-state index in [0.717, 1.165) is 35.7 Å². The maximum Gasteiger partial charge on any atom is 0.411 e. The van der Waals surface area contributed by atoms with E-state index in [1.54, 1.807) is 0 Å². The van der Waals surface area contributed by atoms with E-state index >= 15 is 0 Å². The van der Waals surface area contributed by atoms with Crippen molar-refractivity contribution in [1.82, 2.24) is 0 Å². The van der Waals surface area contributed by atoms with Crippen LogP contribution in [-0.2, 0) is 4.74 Å². The Morgan fingerprint density at radius 2 is 1.95 bits per heavy atom. The number of rotatable bonds is 2. The lowest BCUT2D eigenvalue weighted by Crippen LogP contribution is -2.27. The van der Waals surface area contributed by atoms with Crippen molar-refractivity contribution in [1.29, 1.82) is 0 Å². The number of hydrogen-bond acceptors (Lipinski definition) is 2. The summed E-state index contributed by atoms with van der Waals surface area (Å²) in [5, 5.41) is 5.11. The maximum absolute atomic E-state index is 12.0. The number of hydrogen-bond donors (Lipinski definition) is 1. The Balaban J connectivity index is 1.63. The molecular formula is C18H21NO2. The van der Waals surface area contributed by atoms with Crippen LogP contribution in [0.25, 0.3) is 10.8 Å². The number of anilines is 1. The Labute approximate surface area is 125 Å². The van der Waals surface area contributed by atoms with E-state index in [9.17, 15) is 4.79 Å². The van der Waals surface area contributed by atoms with E-state index in [4.69, 9.17) is 4.74 Å². The van der Waals surface area contributed by atoms with Gasteiger partial charge in [-0.25, -0.2) is 4.79 Å². The van der Waals surface area contributed by atoms with Crippen molar-refractivity contribution in [2.24, 2.45) is 5.92 Å². The highest BCUT2D eigenvalue weighted by Crippen LogP contribution is 2.26. The fraction of sp³-hybridized carbons (Fsp3) is 0.389. The van der Waals surface area contributed by atoms with Crippen molar-refractivity contribution in [2.45, 2.75) is 38.7 Å². The minimum Gasteiger partial charge on any atom is -0.446 e. The molecule has 0 aliphatic heterocycles. The molecule has 2 aromatic carbocycles. The molecule has 1 fully saturated rings. The summed E-state index contributed by atoms with van der Waals surface area (Å²) >= 11 is 0. The molecule has 1 saturated carbocycles. The van der Waals surface area contributed by atoms with Crippen molar-refractivity contribution < 1.29 is 9.53 Å². The van der Waals surface area contributed by atoms with Gasteiger partial charge in [0, 0.05) is 5.69 Å². The van der Waals surface area contributed by atoms with Gasteiger partial charge in [0.15, 0.2) is 0 Å². The van der Waals surface area contributed by atoms with Crippen molar-refractivity contribution in [3.8, 4) is 0 Å². The molecule has 3 nitrogen and oxygen atoms in total. The van der Waals surface area contributed by atoms with E-state index in [2.05, 4.69) is 18.3 Å². The molecule has 3 rings (SSSR count). The molecular weight excluding hydrogens is 262 g/mol. The molecule has 1 aliphatic rings. The molecule has 0 saturated heterocycles. The molecule has 1 aliphatic carbocycles. The first-order valence-electron chi connectivity index (χ1n) is 7.67. The average Bonchev–Trinajstić information content (AvgIpc) is 2.47. The van der Waals surface area contributed by atoms with Crippen LogP contribution in [0.1, 0.15) is 32.6 Å². The quantitative estimate of drug-likeness (QED) is 0.845. The summed E-state index contributed by atoms with van der Waals surface area (Å²) in [6.45, 7) is 2.22. The van der Waals surface area contributed by atoms with Gasteiger partial charge in [0.05, 0.1) is 0 Å². The maximum atomic E-state index is 12.0. The molecule has 2 aromatic rings. The fourth-order valence-corrected chi connectivity index (χ4v) is 3.05. The summed E-state index contributed by atoms with van der Waals surface area (Å²) in [6.07, 6.45) is 4.07. The average molecular weight is 283 g/mol. The second-order valence-electron chi connectivity index (χ2n) is 5.99. The monoisotopic (exact) mass is 283 g/mol. The summed E-state index contributed by atoms with van der Waals surface area (Å²) in [5.41, 5.74) is 0.780. The molecule has 110 valence electrons. The van der Waals surface area contributed by atoms with Crippen molar-refractivity contribution in [3.63, 3.8) is 0 Å². The second-order valence-corrected chi connectivity index (χ2v) is 5.99. The first kappa shape index (κ1) is 13.9. The first-order valence-corrected chi connectivity index (χ1v) is 7.67. The Kier molecular flexibility index (Phi) is 4.09. The molecule has 1 amide bonds. The minimum absolute atomic E-state index is 0.0641. The van der Waals surface area contributed by atoms with Crippen LogP contribution in [-0.4, -0.2) is 12.2 Å². The van der Waals surface area contributed by atoms with Crippen LogP contribution < -0.4 is 5.32 Å².